The van der Waals surface area contributed by atoms with E-state index in [1.165, 1.54) is 16.7 Å². The van der Waals surface area contributed by atoms with Crippen molar-refractivity contribution in [2.75, 3.05) is 23.7 Å². The predicted molar refractivity (Wildman–Crippen MR) is 146 cm³/mol. The fraction of sp³-hybridized carbons (Fsp3) is 0.233. The molecule has 0 spiro atoms. The minimum atomic E-state index is -0.0946. The summed E-state index contributed by atoms with van der Waals surface area (Å²) in [7, 11) is 0. The summed E-state index contributed by atoms with van der Waals surface area (Å²) < 4.78 is 0. The highest BCUT2D eigenvalue weighted by Gasteiger charge is 2.15. The van der Waals surface area contributed by atoms with Crippen LogP contribution in [0.4, 0.5) is 17.2 Å². The molecule has 4 aromatic rings. The van der Waals surface area contributed by atoms with Gasteiger partial charge in [0.1, 0.15) is 12.1 Å². The van der Waals surface area contributed by atoms with Gasteiger partial charge in [-0.25, -0.2) is 9.97 Å². The normalized spacial score (nSPS) is 14.0. The number of likely N-dealkylation sites (tertiary alicyclic amines) is 1. The number of fused-ring (bicyclic) bond motifs is 1. The van der Waals surface area contributed by atoms with Crippen molar-refractivity contribution in [3.63, 3.8) is 0 Å². The zero-order chi connectivity index (χ0) is 24.7. The number of aromatic nitrogens is 2. The molecule has 6 heteroatoms. The Bertz CT molecular complexity index is 1370. The van der Waals surface area contributed by atoms with Crippen molar-refractivity contribution in [2.45, 2.75) is 32.7 Å². The van der Waals surface area contributed by atoms with Crippen LogP contribution >= 0.6 is 0 Å². The van der Waals surface area contributed by atoms with Crippen molar-refractivity contribution in [2.24, 2.45) is 0 Å². The van der Waals surface area contributed by atoms with Crippen molar-refractivity contribution in [3.05, 3.63) is 102 Å². The number of carbonyl (C=O) groups is 1. The lowest BCUT2D eigenvalue weighted by atomic mass is 10.0. The van der Waals surface area contributed by atoms with E-state index >= 15 is 0 Å². The van der Waals surface area contributed by atoms with E-state index in [-0.39, 0.29) is 5.91 Å². The summed E-state index contributed by atoms with van der Waals surface area (Å²) in [5.74, 6) is 0.622. The van der Waals surface area contributed by atoms with Crippen LogP contribution in [0.2, 0.25) is 0 Å². The van der Waals surface area contributed by atoms with Crippen LogP contribution in [0.15, 0.2) is 90.8 Å². The van der Waals surface area contributed by atoms with Crippen LogP contribution in [-0.4, -0.2) is 33.9 Å². The Balaban J connectivity index is 1.24. The lowest BCUT2D eigenvalue weighted by molar-refractivity contribution is -0.112. The van der Waals surface area contributed by atoms with E-state index in [4.69, 9.17) is 0 Å². The van der Waals surface area contributed by atoms with Crippen LogP contribution < -0.4 is 10.6 Å². The van der Waals surface area contributed by atoms with Crippen molar-refractivity contribution >= 4 is 34.0 Å². The van der Waals surface area contributed by atoms with Gasteiger partial charge in [0.05, 0.1) is 5.52 Å². The van der Waals surface area contributed by atoms with Gasteiger partial charge in [0.25, 0.3) is 0 Å². The summed E-state index contributed by atoms with van der Waals surface area (Å²) in [5, 5.41) is 7.30. The molecule has 1 fully saturated rings. The molecular weight excluding hydrogens is 446 g/mol. The summed E-state index contributed by atoms with van der Waals surface area (Å²) in [4.78, 5) is 24.1. The molecule has 0 radical (unpaired) electrons. The smallest absolute Gasteiger partial charge is 0.248 e. The van der Waals surface area contributed by atoms with Gasteiger partial charge < -0.3 is 10.6 Å². The molecule has 36 heavy (non-hydrogen) atoms. The Morgan fingerprint density at radius 1 is 0.917 bits per heavy atom. The van der Waals surface area contributed by atoms with Crippen LogP contribution in [0.1, 0.15) is 30.9 Å². The summed E-state index contributed by atoms with van der Waals surface area (Å²) >= 11 is 0. The zero-order valence-corrected chi connectivity index (χ0v) is 20.6. The molecule has 2 heterocycles. The van der Waals surface area contributed by atoms with Crippen LogP contribution in [0.25, 0.3) is 10.9 Å². The summed E-state index contributed by atoms with van der Waals surface area (Å²) in [6, 6.07) is 24.6. The molecule has 0 aliphatic carbocycles. The summed E-state index contributed by atoms with van der Waals surface area (Å²) in [6.07, 6.45) is 6.12. The molecular formula is C30H31N5O. The third-order valence-corrected chi connectivity index (χ3v) is 6.58. The van der Waals surface area contributed by atoms with Crippen LogP contribution in [0.5, 0.6) is 0 Å². The van der Waals surface area contributed by atoms with Gasteiger partial charge in [0.15, 0.2) is 0 Å². The molecule has 1 aliphatic rings. The van der Waals surface area contributed by atoms with Gasteiger partial charge in [-0.1, -0.05) is 55.0 Å². The first-order valence-electron chi connectivity index (χ1n) is 12.5. The van der Waals surface area contributed by atoms with E-state index in [9.17, 15) is 4.79 Å². The number of nitrogens with one attached hydrogen (secondary N) is 2. The molecule has 0 atom stereocenters. The maximum absolute atomic E-state index is 12.8. The highest BCUT2D eigenvalue weighted by molar-refractivity contribution is 6.02. The first kappa shape index (κ1) is 23.7. The van der Waals surface area contributed by atoms with Crippen molar-refractivity contribution in [1.29, 1.82) is 0 Å². The molecule has 3 aromatic carbocycles. The maximum atomic E-state index is 12.8. The number of rotatable bonds is 7. The molecule has 1 aliphatic heterocycles. The number of benzene rings is 3. The number of hydrogen-bond acceptors (Lipinski definition) is 5. The Morgan fingerprint density at radius 3 is 2.53 bits per heavy atom. The average molecular weight is 478 g/mol. The monoisotopic (exact) mass is 477 g/mol. The van der Waals surface area contributed by atoms with E-state index in [0.29, 0.717) is 5.82 Å². The van der Waals surface area contributed by atoms with E-state index in [1.54, 1.807) is 12.4 Å². The number of amides is 1. The fourth-order valence-corrected chi connectivity index (χ4v) is 4.59. The van der Waals surface area contributed by atoms with E-state index in [0.717, 1.165) is 61.2 Å². The van der Waals surface area contributed by atoms with Gasteiger partial charge in [-0.15, -0.1) is 0 Å². The molecule has 0 bridgehead atoms. The summed E-state index contributed by atoms with van der Waals surface area (Å²) in [5.41, 5.74) is 6.30. The number of aryl methyl sites for hydroxylation is 1. The second-order valence-electron chi connectivity index (χ2n) is 9.19. The molecule has 6 nitrogen and oxygen atoms in total. The highest BCUT2D eigenvalue weighted by Crippen LogP contribution is 2.26. The van der Waals surface area contributed by atoms with Gasteiger partial charge in [0.2, 0.25) is 5.91 Å². The number of nitrogens with zero attached hydrogens (tertiary/aromatic N) is 3. The quantitative estimate of drug-likeness (QED) is 0.315. The Kier molecular flexibility index (Phi) is 7.33. The number of carbonyl (C=O) groups excluding carboxylic acids is 1. The van der Waals surface area contributed by atoms with E-state index in [1.807, 2.05) is 36.4 Å². The molecule has 1 aromatic heterocycles. The molecule has 2 N–H and O–H groups in total. The van der Waals surface area contributed by atoms with E-state index < -0.39 is 0 Å². The number of hydrogen-bond donors (Lipinski definition) is 2. The Hall–Kier alpha value is -4.03. The second kappa shape index (κ2) is 11.1. The number of anilines is 3. The van der Waals surface area contributed by atoms with Crippen LogP contribution in [0, 0.1) is 0 Å². The summed E-state index contributed by atoms with van der Waals surface area (Å²) in [6.45, 7) is 5.03. The predicted octanol–water partition coefficient (Wildman–Crippen LogP) is 6.10. The molecule has 182 valence electrons. The zero-order valence-electron chi connectivity index (χ0n) is 20.6. The first-order valence-corrected chi connectivity index (χ1v) is 12.5. The SMILES string of the molecule is CCc1cccc(Nc2ncnc3ccc(NC(=O)C=C4CCN(Cc5ccccc5)CC4)cc23)c1. The maximum Gasteiger partial charge on any atom is 0.248 e. The molecule has 1 saturated heterocycles. The Labute approximate surface area is 212 Å². The third-order valence-electron chi connectivity index (χ3n) is 6.58. The topological polar surface area (TPSA) is 70.1 Å². The minimum absolute atomic E-state index is 0.0946. The van der Waals surface area contributed by atoms with Crippen molar-refractivity contribution in [3.8, 4) is 0 Å². The molecule has 1 amide bonds. The van der Waals surface area contributed by atoms with Gasteiger partial charge in [0, 0.05) is 42.5 Å². The number of piperidine rings is 1. The van der Waals surface area contributed by atoms with E-state index in [2.05, 4.69) is 68.8 Å². The van der Waals surface area contributed by atoms with Gasteiger partial charge >= 0.3 is 0 Å². The van der Waals surface area contributed by atoms with Gasteiger partial charge in [-0.05, 0) is 60.7 Å². The van der Waals surface area contributed by atoms with Crippen molar-refractivity contribution < 1.29 is 4.79 Å². The molecule has 0 unspecified atom stereocenters. The second-order valence-corrected chi connectivity index (χ2v) is 9.19. The Morgan fingerprint density at radius 2 is 1.72 bits per heavy atom. The van der Waals surface area contributed by atoms with Gasteiger partial charge in [-0.3, -0.25) is 9.69 Å². The lowest BCUT2D eigenvalue weighted by Gasteiger charge is -2.28. The van der Waals surface area contributed by atoms with Crippen LogP contribution in [0.3, 0.4) is 0 Å². The standard InChI is InChI=1S/C30H31N5O/c1-2-22-9-6-10-25(17-22)34-30-27-19-26(11-12-28(27)31-21-32-30)33-29(36)18-23-13-15-35(16-14-23)20-24-7-4-3-5-8-24/h3-12,17-19,21H,2,13-16,20H2,1H3,(H,33,36)(H,31,32,34). The third kappa shape index (κ3) is 5.96. The minimum Gasteiger partial charge on any atom is -0.340 e. The molecule has 0 saturated carbocycles. The lowest BCUT2D eigenvalue weighted by Crippen LogP contribution is -2.30. The van der Waals surface area contributed by atoms with Gasteiger partial charge in [-0.2, -0.15) is 0 Å². The van der Waals surface area contributed by atoms with Crippen LogP contribution in [-0.2, 0) is 17.8 Å². The first-order chi connectivity index (χ1) is 17.7. The fourth-order valence-electron chi connectivity index (χ4n) is 4.59. The van der Waals surface area contributed by atoms with Crippen molar-refractivity contribution in [1.82, 2.24) is 14.9 Å². The highest BCUT2D eigenvalue weighted by atomic mass is 16.1. The average Bonchev–Trinajstić information content (AvgIpc) is 2.91. The molecule has 5 rings (SSSR count). The largest absolute Gasteiger partial charge is 0.340 e.